The predicted octanol–water partition coefficient (Wildman–Crippen LogP) is 3.76. The lowest BCUT2D eigenvalue weighted by molar-refractivity contribution is 0.100. The number of likely N-dealkylation sites (tertiary alicyclic amines) is 1. The molecule has 29 heavy (non-hydrogen) atoms. The van der Waals surface area contributed by atoms with Crippen LogP contribution in [0.5, 0.6) is 0 Å². The number of piperidine rings is 1. The molecule has 1 atom stereocenters. The highest BCUT2D eigenvalue weighted by Gasteiger charge is 2.25. The van der Waals surface area contributed by atoms with Crippen LogP contribution in [-0.4, -0.2) is 33.9 Å². The summed E-state index contributed by atoms with van der Waals surface area (Å²) in [5.41, 5.74) is 9.58. The Balaban J connectivity index is 1.57. The number of halogens is 1. The quantitative estimate of drug-likeness (QED) is 0.720. The molecular formula is C23H23FN4O. The summed E-state index contributed by atoms with van der Waals surface area (Å²) in [6.07, 6.45) is 5.48. The van der Waals surface area contributed by atoms with E-state index in [1.165, 1.54) is 12.1 Å². The Bertz CT molecular complexity index is 1010. The fourth-order valence-electron chi connectivity index (χ4n) is 3.96. The molecule has 0 bridgehead atoms. The van der Waals surface area contributed by atoms with Crippen LogP contribution in [0, 0.1) is 5.82 Å². The Labute approximate surface area is 169 Å². The number of nitrogens with two attached hydrogens (primary N) is 1. The van der Waals surface area contributed by atoms with E-state index >= 15 is 0 Å². The van der Waals surface area contributed by atoms with E-state index in [4.69, 9.17) is 5.73 Å². The van der Waals surface area contributed by atoms with Crippen molar-refractivity contribution in [3.63, 3.8) is 0 Å². The zero-order valence-corrected chi connectivity index (χ0v) is 16.1. The lowest BCUT2D eigenvalue weighted by Gasteiger charge is -2.33. The van der Waals surface area contributed by atoms with E-state index in [2.05, 4.69) is 14.9 Å². The van der Waals surface area contributed by atoms with Crippen LogP contribution in [-0.2, 0) is 6.54 Å². The van der Waals surface area contributed by atoms with Crippen LogP contribution in [0.4, 0.5) is 4.39 Å². The summed E-state index contributed by atoms with van der Waals surface area (Å²) in [5.74, 6) is -0.432. The first-order valence-corrected chi connectivity index (χ1v) is 9.78. The van der Waals surface area contributed by atoms with Crippen molar-refractivity contribution in [2.45, 2.75) is 25.3 Å². The number of benzene rings is 2. The number of hydrogen-bond acceptors (Lipinski definition) is 4. The molecule has 2 aromatic carbocycles. The maximum Gasteiger partial charge on any atom is 0.248 e. The third-order valence-electron chi connectivity index (χ3n) is 5.36. The molecule has 2 heterocycles. The number of aromatic nitrogens is 2. The molecule has 1 fully saturated rings. The van der Waals surface area contributed by atoms with Crippen molar-refractivity contribution in [3.05, 3.63) is 83.6 Å². The number of amides is 1. The number of hydrogen-bond donors (Lipinski definition) is 1. The fourth-order valence-corrected chi connectivity index (χ4v) is 3.96. The molecule has 0 saturated carbocycles. The highest BCUT2D eigenvalue weighted by molar-refractivity contribution is 5.94. The van der Waals surface area contributed by atoms with Crippen LogP contribution >= 0.6 is 0 Å². The van der Waals surface area contributed by atoms with E-state index in [-0.39, 0.29) is 11.7 Å². The van der Waals surface area contributed by atoms with Gasteiger partial charge in [0.2, 0.25) is 5.91 Å². The van der Waals surface area contributed by atoms with Crippen molar-refractivity contribution in [1.29, 1.82) is 0 Å². The maximum absolute atomic E-state index is 13.2. The first kappa shape index (κ1) is 19.2. The van der Waals surface area contributed by atoms with E-state index in [1.54, 1.807) is 24.5 Å². The Hall–Kier alpha value is -3.12. The monoisotopic (exact) mass is 390 g/mol. The zero-order valence-electron chi connectivity index (χ0n) is 16.1. The molecule has 0 spiro atoms. The summed E-state index contributed by atoms with van der Waals surface area (Å²) < 4.78 is 13.2. The molecule has 1 saturated heterocycles. The van der Waals surface area contributed by atoms with Gasteiger partial charge in [-0.15, -0.1) is 0 Å². The van der Waals surface area contributed by atoms with Crippen LogP contribution in [0.15, 0.2) is 60.9 Å². The van der Waals surface area contributed by atoms with E-state index in [1.807, 2.05) is 24.3 Å². The molecule has 2 N–H and O–H groups in total. The van der Waals surface area contributed by atoms with Crippen molar-refractivity contribution in [2.75, 3.05) is 13.1 Å². The van der Waals surface area contributed by atoms with Gasteiger partial charge in [0.1, 0.15) is 5.82 Å². The van der Waals surface area contributed by atoms with Crippen molar-refractivity contribution >= 4 is 5.91 Å². The molecule has 5 nitrogen and oxygen atoms in total. The Morgan fingerprint density at radius 3 is 2.72 bits per heavy atom. The average molecular weight is 390 g/mol. The van der Waals surface area contributed by atoms with E-state index in [0.29, 0.717) is 5.56 Å². The van der Waals surface area contributed by atoms with Crippen LogP contribution < -0.4 is 5.73 Å². The van der Waals surface area contributed by atoms with Gasteiger partial charge in [-0.2, -0.15) is 0 Å². The zero-order chi connectivity index (χ0) is 20.2. The van der Waals surface area contributed by atoms with Crippen molar-refractivity contribution in [1.82, 2.24) is 14.9 Å². The summed E-state index contributed by atoms with van der Waals surface area (Å²) in [7, 11) is 0. The molecule has 1 aliphatic rings. The molecule has 1 unspecified atom stereocenters. The second-order valence-electron chi connectivity index (χ2n) is 7.44. The first-order valence-electron chi connectivity index (χ1n) is 9.78. The Morgan fingerprint density at radius 1 is 1.14 bits per heavy atom. The largest absolute Gasteiger partial charge is 0.366 e. The minimum Gasteiger partial charge on any atom is -0.366 e. The number of carbonyl (C=O) groups excluding carboxylic acids is 1. The minimum atomic E-state index is -0.458. The molecule has 6 heteroatoms. The van der Waals surface area contributed by atoms with Gasteiger partial charge < -0.3 is 5.73 Å². The van der Waals surface area contributed by atoms with Gasteiger partial charge in [0.25, 0.3) is 0 Å². The molecule has 4 rings (SSSR count). The SMILES string of the molecule is NC(=O)c1cccc(-c2nccnc2C2CCCN(Cc3ccc(F)cc3)C2)c1. The van der Waals surface area contributed by atoms with Crippen molar-refractivity contribution in [3.8, 4) is 11.3 Å². The number of rotatable bonds is 5. The third-order valence-corrected chi connectivity index (χ3v) is 5.36. The minimum absolute atomic E-state index is 0.215. The summed E-state index contributed by atoms with van der Waals surface area (Å²) >= 11 is 0. The predicted molar refractivity (Wildman–Crippen MR) is 110 cm³/mol. The third kappa shape index (κ3) is 4.49. The van der Waals surface area contributed by atoms with Gasteiger partial charge >= 0.3 is 0 Å². The number of primary amides is 1. The van der Waals surface area contributed by atoms with E-state index in [9.17, 15) is 9.18 Å². The normalized spacial score (nSPS) is 17.2. The molecule has 0 radical (unpaired) electrons. The van der Waals surface area contributed by atoms with Crippen LogP contribution in [0.1, 0.15) is 40.4 Å². The van der Waals surface area contributed by atoms with E-state index in [0.717, 1.165) is 55.0 Å². The molecule has 1 amide bonds. The molecular weight excluding hydrogens is 367 g/mol. The fraction of sp³-hybridized carbons (Fsp3) is 0.261. The summed E-state index contributed by atoms with van der Waals surface area (Å²) in [6, 6.07) is 13.9. The second kappa shape index (κ2) is 8.49. The molecule has 3 aromatic rings. The molecule has 1 aromatic heterocycles. The average Bonchev–Trinajstić information content (AvgIpc) is 2.76. The summed E-state index contributed by atoms with van der Waals surface area (Å²) in [4.78, 5) is 23.2. The standard InChI is InChI=1S/C23H23FN4O/c24-20-8-6-16(7-9-20)14-28-12-2-5-19(15-28)22-21(26-10-11-27-22)17-3-1-4-18(13-17)23(25)29/h1,3-4,6-11,13,19H,2,5,12,14-15H2,(H2,25,29). The summed E-state index contributed by atoms with van der Waals surface area (Å²) in [5, 5.41) is 0. The van der Waals surface area contributed by atoms with Gasteiger partial charge in [-0.1, -0.05) is 24.3 Å². The Kier molecular flexibility index (Phi) is 5.62. The smallest absolute Gasteiger partial charge is 0.248 e. The van der Waals surface area contributed by atoms with Gasteiger partial charge in [-0.05, 0) is 49.2 Å². The lowest BCUT2D eigenvalue weighted by Crippen LogP contribution is -2.34. The molecule has 148 valence electrons. The van der Waals surface area contributed by atoms with Crippen LogP contribution in [0.25, 0.3) is 11.3 Å². The number of carbonyl (C=O) groups is 1. The van der Waals surface area contributed by atoms with Gasteiger partial charge in [-0.3, -0.25) is 19.7 Å². The lowest BCUT2D eigenvalue weighted by atomic mass is 9.91. The van der Waals surface area contributed by atoms with Gasteiger partial charge in [-0.25, -0.2) is 4.39 Å². The summed E-state index contributed by atoms with van der Waals surface area (Å²) in [6.45, 7) is 2.64. The van der Waals surface area contributed by atoms with Crippen molar-refractivity contribution in [2.24, 2.45) is 5.73 Å². The van der Waals surface area contributed by atoms with Crippen molar-refractivity contribution < 1.29 is 9.18 Å². The van der Waals surface area contributed by atoms with Crippen LogP contribution in [0.2, 0.25) is 0 Å². The highest BCUT2D eigenvalue weighted by Crippen LogP contribution is 2.32. The van der Waals surface area contributed by atoms with Gasteiger partial charge in [0.05, 0.1) is 11.4 Å². The van der Waals surface area contributed by atoms with E-state index < -0.39 is 5.91 Å². The Morgan fingerprint density at radius 2 is 1.93 bits per heavy atom. The molecule has 0 aliphatic carbocycles. The van der Waals surface area contributed by atoms with Gasteiger partial charge in [0, 0.05) is 42.5 Å². The van der Waals surface area contributed by atoms with Gasteiger partial charge in [0.15, 0.2) is 0 Å². The molecule has 1 aliphatic heterocycles. The second-order valence-corrected chi connectivity index (χ2v) is 7.44. The number of nitrogens with zero attached hydrogens (tertiary/aromatic N) is 3. The van der Waals surface area contributed by atoms with Crippen LogP contribution in [0.3, 0.4) is 0 Å². The highest BCUT2D eigenvalue weighted by atomic mass is 19.1. The maximum atomic E-state index is 13.2. The first-order chi connectivity index (χ1) is 14.1. The topological polar surface area (TPSA) is 72.1 Å².